The third-order valence-electron chi connectivity index (χ3n) is 5.59. The first kappa shape index (κ1) is 23.3. The molecule has 0 bridgehead atoms. The van der Waals surface area contributed by atoms with Gasteiger partial charge in [-0.3, -0.25) is 9.59 Å². The largest absolute Gasteiger partial charge is 0.481 e. The number of nitrogens with one attached hydrogen (secondary N) is 2. The van der Waals surface area contributed by atoms with Crippen molar-refractivity contribution >= 4 is 18.0 Å². The van der Waals surface area contributed by atoms with Crippen LogP contribution in [0.1, 0.15) is 50.7 Å². The molecule has 170 valence electrons. The van der Waals surface area contributed by atoms with Crippen molar-refractivity contribution in [1.82, 2.24) is 10.6 Å². The van der Waals surface area contributed by atoms with Crippen LogP contribution in [0.15, 0.2) is 48.5 Å². The van der Waals surface area contributed by atoms with E-state index in [1.54, 1.807) is 20.8 Å². The number of carboxylic acid groups (broad SMARTS) is 1. The lowest BCUT2D eigenvalue weighted by atomic mass is 9.89. The topological polar surface area (TPSA) is 105 Å². The van der Waals surface area contributed by atoms with Gasteiger partial charge in [0.05, 0.1) is 6.42 Å². The Hall–Kier alpha value is -3.35. The molecule has 0 spiro atoms. The summed E-state index contributed by atoms with van der Waals surface area (Å²) in [5.74, 6) is -1.19. The highest BCUT2D eigenvalue weighted by molar-refractivity contribution is 5.79. The van der Waals surface area contributed by atoms with E-state index in [2.05, 4.69) is 34.9 Å². The van der Waals surface area contributed by atoms with Crippen LogP contribution < -0.4 is 10.6 Å². The predicted molar refractivity (Wildman–Crippen MR) is 121 cm³/mol. The van der Waals surface area contributed by atoms with E-state index in [0.29, 0.717) is 0 Å². The average Bonchev–Trinajstić information content (AvgIpc) is 3.04. The highest BCUT2D eigenvalue weighted by atomic mass is 16.5. The summed E-state index contributed by atoms with van der Waals surface area (Å²) in [5, 5.41) is 14.4. The molecule has 0 heterocycles. The number of hydrogen-bond acceptors (Lipinski definition) is 4. The maximum Gasteiger partial charge on any atom is 0.407 e. The number of hydrogen-bond donors (Lipinski definition) is 3. The van der Waals surface area contributed by atoms with E-state index in [9.17, 15) is 14.4 Å². The van der Waals surface area contributed by atoms with E-state index in [1.165, 1.54) is 0 Å². The summed E-state index contributed by atoms with van der Waals surface area (Å²) in [6.45, 7) is 5.74. The number of carbonyl (C=O) groups excluding carboxylic acids is 2. The van der Waals surface area contributed by atoms with Gasteiger partial charge in [0.15, 0.2) is 0 Å². The molecule has 0 fully saturated rings. The van der Waals surface area contributed by atoms with Crippen LogP contribution in [0.2, 0.25) is 0 Å². The van der Waals surface area contributed by atoms with Crippen molar-refractivity contribution in [2.45, 2.75) is 45.6 Å². The molecule has 1 atom stereocenters. The van der Waals surface area contributed by atoms with Crippen LogP contribution in [-0.2, 0) is 14.3 Å². The zero-order valence-electron chi connectivity index (χ0n) is 18.7. The second-order valence-electron chi connectivity index (χ2n) is 9.09. The fourth-order valence-electron chi connectivity index (χ4n) is 4.05. The summed E-state index contributed by atoms with van der Waals surface area (Å²) < 4.78 is 5.50. The summed E-state index contributed by atoms with van der Waals surface area (Å²) in [5.41, 5.74) is 4.04. The highest BCUT2D eigenvalue weighted by Gasteiger charge is 2.29. The van der Waals surface area contributed by atoms with Crippen molar-refractivity contribution in [3.8, 4) is 11.1 Å². The lowest BCUT2D eigenvalue weighted by Gasteiger charge is -2.23. The predicted octanol–water partition coefficient (Wildman–Crippen LogP) is 3.92. The Balaban J connectivity index is 1.48. The van der Waals surface area contributed by atoms with Crippen LogP contribution in [0.4, 0.5) is 4.79 Å². The number of alkyl carbamates (subject to hydrolysis) is 1. The Bertz CT molecular complexity index is 956. The quantitative estimate of drug-likeness (QED) is 0.550. The molecule has 2 aromatic carbocycles. The molecule has 1 aliphatic carbocycles. The zero-order valence-corrected chi connectivity index (χ0v) is 18.7. The average molecular weight is 439 g/mol. The van der Waals surface area contributed by atoms with Gasteiger partial charge < -0.3 is 20.5 Å². The maximum absolute atomic E-state index is 12.3. The number of rotatable bonds is 9. The standard InChI is InChI=1S/C25H30N2O5/c1-16(12-22(28)26-15-25(2,3)13-23(29)30)27-24(31)32-14-21-19-10-6-4-8-17(19)18-9-5-7-11-20(18)21/h4-11,16,21H,12-15H2,1-3H3,(H,26,28)(H,27,31)(H,29,30). The molecule has 0 aliphatic heterocycles. The van der Waals surface area contributed by atoms with Crippen LogP contribution >= 0.6 is 0 Å². The second-order valence-corrected chi connectivity index (χ2v) is 9.09. The Morgan fingerprint density at radius 2 is 1.59 bits per heavy atom. The normalized spacial score (nSPS) is 13.6. The summed E-state index contributed by atoms with van der Waals surface area (Å²) in [7, 11) is 0. The number of aliphatic carboxylic acids is 1. The Morgan fingerprint density at radius 1 is 1.03 bits per heavy atom. The molecule has 0 aromatic heterocycles. The first-order valence-corrected chi connectivity index (χ1v) is 10.8. The molecule has 7 heteroatoms. The van der Waals surface area contributed by atoms with Gasteiger partial charge in [0.2, 0.25) is 5.91 Å². The van der Waals surface area contributed by atoms with Crippen LogP contribution in [0.3, 0.4) is 0 Å². The molecule has 2 amide bonds. The van der Waals surface area contributed by atoms with Gasteiger partial charge in [0, 0.05) is 24.9 Å². The molecule has 7 nitrogen and oxygen atoms in total. The van der Waals surface area contributed by atoms with E-state index >= 15 is 0 Å². The molecule has 1 unspecified atom stereocenters. The van der Waals surface area contributed by atoms with Gasteiger partial charge in [-0.2, -0.15) is 0 Å². The molecule has 3 rings (SSSR count). The van der Waals surface area contributed by atoms with E-state index in [4.69, 9.17) is 9.84 Å². The minimum atomic E-state index is -0.908. The van der Waals surface area contributed by atoms with Crippen molar-refractivity contribution < 1.29 is 24.2 Å². The number of ether oxygens (including phenoxy) is 1. The van der Waals surface area contributed by atoms with Gasteiger partial charge in [0.25, 0.3) is 0 Å². The third-order valence-corrected chi connectivity index (χ3v) is 5.59. The molecular weight excluding hydrogens is 408 g/mol. The first-order chi connectivity index (χ1) is 15.2. The summed E-state index contributed by atoms with van der Waals surface area (Å²) in [6, 6.07) is 15.8. The second kappa shape index (κ2) is 9.85. The van der Waals surface area contributed by atoms with Crippen molar-refractivity contribution in [3.63, 3.8) is 0 Å². The monoisotopic (exact) mass is 438 g/mol. The van der Waals surface area contributed by atoms with Crippen LogP contribution in [0.5, 0.6) is 0 Å². The van der Waals surface area contributed by atoms with Crippen molar-refractivity contribution in [2.75, 3.05) is 13.2 Å². The van der Waals surface area contributed by atoms with Crippen LogP contribution in [-0.4, -0.2) is 42.3 Å². The van der Waals surface area contributed by atoms with Gasteiger partial charge in [-0.1, -0.05) is 62.4 Å². The molecule has 2 aromatic rings. The number of amides is 2. The Morgan fingerprint density at radius 3 is 2.16 bits per heavy atom. The molecule has 32 heavy (non-hydrogen) atoms. The third kappa shape index (κ3) is 5.87. The van der Waals surface area contributed by atoms with Crippen LogP contribution in [0, 0.1) is 5.41 Å². The number of carboxylic acids is 1. The van der Waals surface area contributed by atoms with Gasteiger partial charge >= 0.3 is 12.1 Å². The van der Waals surface area contributed by atoms with Gasteiger partial charge in [0.1, 0.15) is 6.61 Å². The van der Waals surface area contributed by atoms with Gasteiger partial charge in [-0.05, 0) is 34.6 Å². The Labute approximate surface area is 188 Å². The van der Waals surface area contributed by atoms with Crippen molar-refractivity contribution in [3.05, 3.63) is 59.7 Å². The van der Waals surface area contributed by atoms with E-state index < -0.39 is 23.5 Å². The molecular formula is C25H30N2O5. The van der Waals surface area contributed by atoms with Crippen molar-refractivity contribution in [2.24, 2.45) is 5.41 Å². The first-order valence-electron chi connectivity index (χ1n) is 10.8. The molecule has 0 saturated heterocycles. The zero-order chi connectivity index (χ0) is 23.3. The smallest absolute Gasteiger partial charge is 0.407 e. The maximum atomic E-state index is 12.3. The SMILES string of the molecule is CC(CC(=O)NCC(C)(C)CC(=O)O)NC(=O)OCC1c2ccccc2-c2ccccc21. The summed E-state index contributed by atoms with van der Waals surface area (Å²) in [6.07, 6.45) is -0.535. The molecule has 1 aliphatic rings. The minimum absolute atomic E-state index is 0.0248. The van der Waals surface area contributed by atoms with E-state index in [0.717, 1.165) is 22.3 Å². The minimum Gasteiger partial charge on any atom is -0.481 e. The highest BCUT2D eigenvalue weighted by Crippen LogP contribution is 2.44. The molecule has 0 radical (unpaired) electrons. The fraction of sp³-hybridized carbons (Fsp3) is 0.400. The van der Waals surface area contributed by atoms with E-state index in [-0.39, 0.29) is 37.8 Å². The van der Waals surface area contributed by atoms with Gasteiger partial charge in [-0.15, -0.1) is 0 Å². The fourth-order valence-corrected chi connectivity index (χ4v) is 4.05. The van der Waals surface area contributed by atoms with E-state index in [1.807, 2.05) is 24.3 Å². The summed E-state index contributed by atoms with van der Waals surface area (Å²) >= 11 is 0. The van der Waals surface area contributed by atoms with Crippen molar-refractivity contribution in [1.29, 1.82) is 0 Å². The summed E-state index contributed by atoms with van der Waals surface area (Å²) in [4.78, 5) is 35.4. The Kier molecular flexibility index (Phi) is 7.18. The van der Waals surface area contributed by atoms with Crippen LogP contribution in [0.25, 0.3) is 11.1 Å². The number of carbonyl (C=O) groups is 3. The van der Waals surface area contributed by atoms with Gasteiger partial charge in [-0.25, -0.2) is 4.79 Å². The lowest BCUT2D eigenvalue weighted by molar-refractivity contribution is -0.139. The molecule has 3 N–H and O–H groups in total. The number of fused-ring (bicyclic) bond motifs is 3. The molecule has 0 saturated carbocycles. The lowest BCUT2D eigenvalue weighted by Crippen LogP contribution is -2.40. The number of benzene rings is 2.